The van der Waals surface area contributed by atoms with Crippen LogP contribution in [0.3, 0.4) is 0 Å². The Morgan fingerprint density at radius 3 is 2.57 bits per heavy atom. The number of amides is 2. The standard InChI is InChI=1S/C25H17ClFIN2O6S/c1-35-21-10-15(9-20(28)23(21)36-13-17-18(26)3-2-4-19(17)27)11-22-24(31)29(25(32)37-22)12-14-5-7-16(8-6-14)30(33)34/h2-11H,12-13H2,1H3/b22-11-. The van der Waals surface area contributed by atoms with E-state index in [2.05, 4.69) is 0 Å². The number of hydrogen-bond acceptors (Lipinski definition) is 7. The Morgan fingerprint density at radius 2 is 1.92 bits per heavy atom. The maximum atomic E-state index is 14.1. The SMILES string of the molecule is COc1cc(/C=C2\SC(=O)N(Cc3ccc([N+](=O)[O-])cc3)C2=O)cc(I)c1OCc1c(F)cccc1Cl. The monoisotopic (exact) mass is 654 g/mol. The minimum absolute atomic E-state index is 0.00770. The number of ether oxygens (including phenoxy) is 2. The van der Waals surface area contributed by atoms with E-state index in [1.807, 2.05) is 22.6 Å². The summed E-state index contributed by atoms with van der Waals surface area (Å²) in [6.45, 7) is -0.120. The summed E-state index contributed by atoms with van der Waals surface area (Å²) in [6.07, 6.45) is 1.57. The van der Waals surface area contributed by atoms with Gasteiger partial charge < -0.3 is 9.47 Å². The minimum atomic E-state index is -0.520. The van der Waals surface area contributed by atoms with Crippen LogP contribution >= 0.6 is 46.0 Å². The van der Waals surface area contributed by atoms with Crippen molar-refractivity contribution in [1.29, 1.82) is 0 Å². The van der Waals surface area contributed by atoms with Gasteiger partial charge in [0.15, 0.2) is 11.5 Å². The van der Waals surface area contributed by atoms with Crippen LogP contribution in [0.2, 0.25) is 5.02 Å². The summed E-state index contributed by atoms with van der Waals surface area (Å²) in [7, 11) is 1.45. The maximum absolute atomic E-state index is 14.1. The van der Waals surface area contributed by atoms with Crippen molar-refractivity contribution in [3.8, 4) is 11.5 Å². The van der Waals surface area contributed by atoms with Crippen molar-refractivity contribution in [3.05, 3.63) is 101 Å². The topological polar surface area (TPSA) is 99.0 Å². The molecule has 1 aliphatic heterocycles. The van der Waals surface area contributed by atoms with Crippen LogP contribution in [0.1, 0.15) is 16.7 Å². The number of nitrogens with zero attached hydrogens (tertiary/aromatic N) is 2. The molecule has 1 aliphatic rings. The molecule has 1 fully saturated rings. The van der Waals surface area contributed by atoms with E-state index in [4.69, 9.17) is 21.1 Å². The largest absolute Gasteiger partial charge is 0.493 e. The van der Waals surface area contributed by atoms with Gasteiger partial charge >= 0.3 is 0 Å². The zero-order valence-corrected chi connectivity index (χ0v) is 22.8. The summed E-state index contributed by atoms with van der Waals surface area (Å²) in [5.41, 5.74) is 1.32. The number of imide groups is 1. The highest BCUT2D eigenvalue weighted by Crippen LogP contribution is 2.38. The summed E-state index contributed by atoms with van der Waals surface area (Å²) in [6, 6.07) is 13.4. The molecule has 0 unspecified atom stereocenters. The highest BCUT2D eigenvalue weighted by Gasteiger charge is 2.35. The highest BCUT2D eigenvalue weighted by molar-refractivity contribution is 14.1. The first-order valence-corrected chi connectivity index (χ1v) is 12.9. The Kier molecular flexibility index (Phi) is 8.35. The van der Waals surface area contributed by atoms with Gasteiger partial charge in [0.2, 0.25) is 0 Å². The predicted octanol–water partition coefficient (Wildman–Crippen LogP) is 6.82. The number of carbonyl (C=O) groups excluding carboxylic acids is 2. The molecule has 0 spiro atoms. The Hall–Kier alpha value is -3.16. The molecule has 4 rings (SSSR count). The molecule has 0 aromatic heterocycles. The first kappa shape index (κ1) is 26.9. The number of nitro benzene ring substituents is 1. The number of benzene rings is 3. The van der Waals surface area contributed by atoms with Crippen molar-refractivity contribution in [2.75, 3.05) is 7.11 Å². The van der Waals surface area contributed by atoms with Crippen LogP contribution in [0.25, 0.3) is 6.08 Å². The van der Waals surface area contributed by atoms with Gasteiger partial charge in [-0.25, -0.2) is 4.39 Å². The highest BCUT2D eigenvalue weighted by atomic mass is 127. The smallest absolute Gasteiger partial charge is 0.293 e. The van der Waals surface area contributed by atoms with Gasteiger partial charge in [-0.3, -0.25) is 24.6 Å². The van der Waals surface area contributed by atoms with E-state index in [0.29, 0.717) is 26.2 Å². The molecule has 3 aromatic carbocycles. The number of nitro groups is 1. The van der Waals surface area contributed by atoms with Crippen LogP contribution < -0.4 is 9.47 Å². The molecule has 1 saturated heterocycles. The summed E-state index contributed by atoms with van der Waals surface area (Å²) < 4.78 is 26.0. The van der Waals surface area contributed by atoms with Gasteiger partial charge in [0.05, 0.1) is 32.1 Å². The summed E-state index contributed by atoms with van der Waals surface area (Å²) in [5, 5.41) is 10.6. The molecule has 0 aliphatic carbocycles. The number of halogens is 3. The molecule has 3 aromatic rings. The van der Waals surface area contributed by atoms with E-state index in [-0.39, 0.29) is 34.3 Å². The molecular formula is C25H17ClFIN2O6S. The van der Waals surface area contributed by atoms with Crippen LogP contribution in [0.15, 0.2) is 59.5 Å². The number of hydrogen-bond donors (Lipinski definition) is 0. The van der Waals surface area contributed by atoms with Crippen molar-refractivity contribution >= 4 is 68.9 Å². The molecule has 8 nitrogen and oxygen atoms in total. The molecule has 0 N–H and O–H groups in total. The van der Waals surface area contributed by atoms with Gasteiger partial charge in [0.1, 0.15) is 12.4 Å². The average molecular weight is 655 g/mol. The lowest BCUT2D eigenvalue weighted by Gasteiger charge is -2.15. The van der Waals surface area contributed by atoms with Gasteiger partial charge in [0.25, 0.3) is 16.8 Å². The van der Waals surface area contributed by atoms with E-state index in [0.717, 1.165) is 16.7 Å². The second-order valence-corrected chi connectivity index (χ2v) is 10.3. The molecular weight excluding hydrogens is 638 g/mol. The van der Waals surface area contributed by atoms with Crippen LogP contribution in [0.5, 0.6) is 11.5 Å². The number of carbonyl (C=O) groups is 2. The Balaban J connectivity index is 1.53. The lowest BCUT2D eigenvalue weighted by Crippen LogP contribution is -2.27. The first-order chi connectivity index (χ1) is 17.7. The summed E-state index contributed by atoms with van der Waals surface area (Å²) in [5.74, 6) is -0.221. The molecule has 0 atom stereocenters. The molecule has 190 valence electrons. The maximum Gasteiger partial charge on any atom is 0.293 e. The number of thioether (sulfide) groups is 1. The van der Waals surface area contributed by atoms with Gasteiger partial charge in [0, 0.05) is 17.7 Å². The molecule has 37 heavy (non-hydrogen) atoms. The third-order valence-corrected chi connectivity index (χ3v) is 7.40. The quantitative estimate of drug-likeness (QED) is 0.114. The van der Waals surface area contributed by atoms with E-state index in [9.17, 15) is 24.1 Å². The number of methoxy groups -OCH3 is 1. The molecule has 12 heteroatoms. The molecule has 1 heterocycles. The second kappa shape index (κ2) is 11.5. The van der Waals surface area contributed by atoms with Crippen molar-refractivity contribution in [3.63, 3.8) is 0 Å². The Labute approximate surface area is 233 Å². The first-order valence-electron chi connectivity index (χ1n) is 10.6. The molecule has 0 radical (unpaired) electrons. The van der Waals surface area contributed by atoms with Gasteiger partial charge in [-0.2, -0.15) is 0 Å². The van der Waals surface area contributed by atoms with Gasteiger partial charge in [-0.15, -0.1) is 0 Å². The van der Waals surface area contributed by atoms with Crippen LogP contribution in [0.4, 0.5) is 14.9 Å². The fraction of sp³-hybridized carbons (Fsp3) is 0.120. The van der Waals surface area contributed by atoms with Gasteiger partial charge in [-0.05, 0) is 75.8 Å². The third kappa shape index (κ3) is 6.05. The lowest BCUT2D eigenvalue weighted by molar-refractivity contribution is -0.384. The fourth-order valence-electron chi connectivity index (χ4n) is 3.47. The van der Waals surface area contributed by atoms with Crippen LogP contribution in [-0.2, 0) is 17.9 Å². The van der Waals surface area contributed by atoms with Crippen molar-refractivity contribution < 1.29 is 28.4 Å². The number of rotatable bonds is 8. The minimum Gasteiger partial charge on any atom is -0.493 e. The molecule has 2 amide bonds. The van der Waals surface area contributed by atoms with Crippen molar-refractivity contribution in [2.24, 2.45) is 0 Å². The van der Waals surface area contributed by atoms with Crippen LogP contribution in [-0.4, -0.2) is 28.1 Å². The zero-order valence-electron chi connectivity index (χ0n) is 19.1. The summed E-state index contributed by atoms with van der Waals surface area (Å²) >= 11 is 8.92. The molecule has 0 saturated carbocycles. The zero-order chi connectivity index (χ0) is 26.7. The van der Waals surface area contributed by atoms with E-state index in [1.54, 1.807) is 24.3 Å². The number of non-ortho nitro benzene ring substituents is 1. The average Bonchev–Trinajstić information content (AvgIpc) is 3.12. The predicted molar refractivity (Wildman–Crippen MR) is 146 cm³/mol. The van der Waals surface area contributed by atoms with Crippen molar-refractivity contribution in [2.45, 2.75) is 13.2 Å². The Morgan fingerprint density at radius 1 is 1.19 bits per heavy atom. The second-order valence-electron chi connectivity index (χ2n) is 7.71. The molecule has 0 bridgehead atoms. The van der Waals surface area contributed by atoms with E-state index >= 15 is 0 Å². The summed E-state index contributed by atoms with van der Waals surface area (Å²) in [4.78, 5) is 37.1. The third-order valence-electron chi connectivity index (χ3n) is 5.33. The normalized spacial score (nSPS) is 14.4. The van der Waals surface area contributed by atoms with E-state index < -0.39 is 21.9 Å². The lowest BCUT2D eigenvalue weighted by atomic mass is 10.1. The van der Waals surface area contributed by atoms with E-state index in [1.165, 1.54) is 43.5 Å². The van der Waals surface area contributed by atoms with Crippen molar-refractivity contribution in [1.82, 2.24) is 4.90 Å². The Bertz CT molecular complexity index is 1410. The van der Waals surface area contributed by atoms with Gasteiger partial charge in [-0.1, -0.05) is 29.8 Å². The fourth-order valence-corrected chi connectivity index (χ4v) is 5.31. The van der Waals surface area contributed by atoms with Crippen LogP contribution in [0, 0.1) is 19.5 Å².